The molecule has 3 N–H and O–H groups in total. The number of ether oxygens (including phenoxy) is 1. The number of nitrogens with zero attached hydrogens (tertiary/aromatic N) is 1. The van der Waals surface area contributed by atoms with Crippen molar-refractivity contribution in [3.05, 3.63) is 23.8 Å². The van der Waals surface area contributed by atoms with E-state index in [1.807, 2.05) is 6.07 Å². The van der Waals surface area contributed by atoms with Crippen LogP contribution in [-0.2, 0) is 9.53 Å². The Kier molecular flexibility index (Phi) is 3.26. The van der Waals surface area contributed by atoms with Crippen LogP contribution >= 0.6 is 0 Å². The molecule has 1 atom stereocenters. The van der Waals surface area contributed by atoms with Crippen LogP contribution in [-0.4, -0.2) is 18.6 Å². The first-order valence-electron chi connectivity index (χ1n) is 5.43. The first-order chi connectivity index (χ1) is 8.20. The van der Waals surface area contributed by atoms with Gasteiger partial charge in [0.25, 0.3) is 5.91 Å². The largest absolute Gasteiger partial charge is 0.397 e. The number of benzene rings is 1. The van der Waals surface area contributed by atoms with E-state index in [4.69, 9.17) is 15.7 Å². The molecule has 1 unspecified atom stereocenters. The van der Waals surface area contributed by atoms with Crippen molar-refractivity contribution in [3.63, 3.8) is 0 Å². The summed E-state index contributed by atoms with van der Waals surface area (Å²) in [7, 11) is 0. The van der Waals surface area contributed by atoms with E-state index in [1.165, 1.54) is 6.07 Å². The number of nitrogen functional groups attached to an aromatic ring is 1. The van der Waals surface area contributed by atoms with E-state index in [2.05, 4.69) is 5.32 Å². The van der Waals surface area contributed by atoms with E-state index >= 15 is 0 Å². The number of hydrogen-bond acceptors (Lipinski definition) is 4. The number of carbonyl (C=O) groups is 1. The Balaban J connectivity index is 2.08. The molecule has 5 heteroatoms. The molecule has 0 saturated carbocycles. The van der Waals surface area contributed by atoms with Crippen LogP contribution in [0.15, 0.2) is 18.2 Å². The van der Waals surface area contributed by atoms with Gasteiger partial charge in [-0.1, -0.05) is 0 Å². The molecule has 1 heterocycles. The van der Waals surface area contributed by atoms with Gasteiger partial charge in [0.1, 0.15) is 6.10 Å². The van der Waals surface area contributed by atoms with Crippen molar-refractivity contribution >= 4 is 17.3 Å². The molecule has 1 aromatic carbocycles. The second-order valence-electron chi connectivity index (χ2n) is 3.90. The van der Waals surface area contributed by atoms with Gasteiger partial charge in [-0.3, -0.25) is 4.79 Å². The first-order valence-corrected chi connectivity index (χ1v) is 5.43. The van der Waals surface area contributed by atoms with Crippen molar-refractivity contribution in [2.24, 2.45) is 0 Å². The number of amides is 1. The SMILES string of the molecule is N#Cc1ccc(NC(=O)C2CCCO2)c(N)c1. The average molecular weight is 231 g/mol. The molecule has 88 valence electrons. The lowest BCUT2D eigenvalue weighted by molar-refractivity contribution is -0.124. The molecule has 1 aromatic rings. The number of anilines is 2. The van der Waals surface area contributed by atoms with Crippen molar-refractivity contribution in [2.45, 2.75) is 18.9 Å². The summed E-state index contributed by atoms with van der Waals surface area (Å²) in [6, 6.07) is 6.76. The fraction of sp³-hybridized carbons (Fsp3) is 0.333. The lowest BCUT2D eigenvalue weighted by Crippen LogP contribution is -2.27. The molecule has 1 fully saturated rings. The predicted molar refractivity (Wildman–Crippen MR) is 63.2 cm³/mol. The summed E-state index contributed by atoms with van der Waals surface area (Å²) < 4.78 is 5.27. The van der Waals surface area contributed by atoms with Crippen LogP contribution in [0.4, 0.5) is 11.4 Å². The number of nitrogens with one attached hydrogen (secondary N) is 1. The summed E-state index contributed by atoms with van der Waals surface area (Å²) in [6.07, 6.45) is 1.26. The quantitative estimate of drug-likeness (QED) is 0.750. The molecular formula is C12H13N3O2. The van der Waals surface area contributed by atoms with Crippen molar-refractivity contribution < 1.29 is 9.53 Å². The molecule has 0 aromatic heterocycles. The summed E-state index contributed by atoms with van der Waals surface area (Å²) in [4.78, 5) is 11.8. The first kappa shape index (κ1) is 11.4. The van der Waals surface area contributed by atoms with E-state index in [0.717, 1.165) is 12.8 Å². The van der Waals surface area contributed by atoms with Gasteiger partial charge in [-0.05, 0) is 31.0 Å². The summed E-state index contributed by atoms with van der Waals surface area (Å²) in [5.41, 5.74) is 7.11. The van der Waals surface area contributed by atoms with Crippen LogP contribution < -0.4 is 11.1 Å². The Hall–Kier alpha value is -2.06. The molecule has 5 nitrogen and oxygen atoms in total. The zero-order chi connectivity index (χ0) is 12.3. The van der Waals surface area contributed by atoms with Crippen LogP contribution in [0.25, 0.3) is 0 Å². The Morgan fingerprint density at radius 3 is 3.00 bits per heavy atom. The molecule has 0 bridgehead atoms. The Bertz CT molecular complexity index is 473. The minimum absolute atomic E-state index is 0.182. The van der Waals surface area contributed by atoms with Crippen molar-refractivity contribution in [1.29, 1.82) is 5.26 Å². The lowest BCUT2D eigenvalue weighted by Gasteiger charge is -2.12. The molecule has 1 saturated heterocycles. The van der Waals surface area contributed by atoms with Crippen molar-refractivity contribution in [1.82, 2.24) is 0 Å². The van der Waals surface area contributed by atoms with Gasteiger partial charge in [-0.25, -0.2) is 0 Å². The summed E-state index contributed by atoms with van der Waals surface area (Å²) in [5.74, 6) is -0.182. The molecule has 17 heavy (non-hydrogen) atoms. The number of nitrogens with two attached hydrogens (primary N) is 1. The van der Waals surface area contributed by atoms with E-state index in [1.54, 1.807) is 12.1 Å². The average Bonchev–Trinajstić information content (AvgIpc) is 2.85. The predicted octanol–water partition coefficient (Wildman–Crippen LogP) is 1.26. The Morgan fingerprint density at radius 2 is 2.41 bits per heavy atom. The number of nitriles is 1. The summed E-state index contributed by atoms with van der Waals surface area (Å²) in [5, 5.41) is 11.4. The smallest absolute Gasteiger partial charge is 0.253 e. The number of rotatable bonds is 2. The topological polar surface area (TPSA) is 88.1 Å². The fourth-order valence-corrected chi connectivity index (χ4v) is 1.74. The van der Waals surface area contributed by atoms with Crippen molar-refractivity contribution in [2.75, 3.05) is 17.7 Å². The van der Waals surface area contributed by atoms with Gasteiger partial charge in [0.2, 0.25) is 0 Å². The highest BCUT2D eigenvalue weighted by atomic mass is 16.5. The fourth-order valence-electron chi connectivity index (χ4n) is 1.74. The number of carbonyl (C=O) groups excluding carboxylic acids is 1. The molecular weight excluding hydrogens is 218 g/mol. The van der Waals surface area contributed by atoms with Crippen LogP contribution in [0.5, 0.6) is 0 Å². The zero-order valence-corrected chi connectivity index (χ0v) is 9.27. The van der Waals surface area contributed by atoms with Gasteiger partial charge in [0.05, 0.1) is 23.0 Å². The normalized spacial score (nSPS) is 18.6. The highest BCUT2D eigenvalue weighted by Crippen LogP contribution is 2.21. The van der Waals surface area contributed by atoms with Gasteiger partial charge in [-0.15, -0.1) is 0 Å². The minimum atomic E-state index is -0.384. The van der Waals surface area contributed by atoms with Crippen LogP contribution in [0.3, 0.4) is 0 Å². The molecule has 0 radical (unpaired) electrons. The van der Waals surface area contributed by atoms with Gasteiger partial charge in [-0.2, -0.15) is 5.26 Å². The van der Waals surface area contributed by atoms with Gasteiger partial charge in [0.15, 0.2) is 0 Å². The van der Waals surface area contributed by atoms with Gasteiger partial charge >= 0.3 is 0 Å². The van der Waals surface area contributed by atoms with E-state index in [-0.39, 0.29) is 12.0 Å². The van der Waals surface area contributed by atoms with E-state index in [0.29, 0.717) is 23.5 Å². The van der Waals surface area contributed by atoms with E-state index in [9.17, 15) is 4.79 Å². The molecule has 0 spiro atoms. The Labute approximate surface area is 99.2 Å². The monoisotopic (exact) mass is 231 g/mol. The van der Waals surface area contributed by atoms with Crippen LogP contribution in [0, 0.1) is 11.3 Å². The van der Waals surface area contributed by atoms with Crippen LogP contribution in [0.2, 0.25) is 0 Å². The molecule has 1 amide bonds. The van der Waals surface area contributed by atoms with Crippen LogP contribution in [0.1, 0.15) is 18.4 Å². The molecule has 0 aliphatic carbocycles. The third kappa shape index (κ3) is 2.55. The summed E-state index contributed by atoms with van der Waals surface area (Å²) >= 11 is 0. The maximum absolute atomic E-state index is 11.8. The van der Waals surface area contributed by atoms with Gasteiger partial charge < -0.3 is 15.8 Å². The Morgan fingerprint density at radius 1 is 1.59 bits per heavy atom. The van der Waals surface area contributed by atoms with E-state index < -0.39 is 0 Å². The maximum atomic E-state index is 11.8. The third-order valence-corrected chi connectivity index (χ3v) is 2.66. The highest BCUT2D eigenvalue weighted by molar-refractivity contribution is 5.97. The van der Waals surface area contributed by atoms with Gasteiger partial charge in [0, 0.05) is 6.61 Å². The second kappa shape index (κ2) is 4.85. The molecule has 1 aliphatic heterocycles. The molecule has 2 rings (SSSR count). The summed E-state index contributed by atoms with van der Waals surface area (Å²) in [6.45, 7) is 0.626. The minimum Gasteiger partial charge on any atom is -0.397 e. The zero-order valence-electron chi connectivity index (χ0n) is 9.27. The lowest BCUT2D eigenvalue weighted by atomic mass is 10.1. The standard InChI is InChI=1S/C12H13N3O2/c13-7-8-3-4-10(9(14)6-8)15-12(16)11-2-1-5-17-11/h3-4,6,11H,1-2,5,14H2,(H,15,16). The number of hydrogen-bond donors (Lipinski definition) is 2. The third-order valence-electron chi connectivity index (χ3n) is 2.66. The van der Waals surface area contributed by atoms with Crippen molar-refractivity contribution in [3.8, 4) is 6.07 Å². The maximum Gasteiger partial charge on any atom is 0.253 e. The second-order valence-corrected chi connectivity index (χ2v) is 3.90. The molecule has 1 aliphatic rings. The highest BCUT2D eigenvalue weighted by Gasteiger charge is 2.23.